The van der Waals surface area contributed by atoms with E-state index in [1.807, 2.05) is 31.2 Å². The van der Waals surface area contributed by atoms with Gasteiger partial charge in [0, 0.05) is 23.4 Å². The molecule has 1 unspecified atom stereocenters. The van der Waals surface area contributed by atoms with Gasteiger partial charge in [-0.05, 0) is 32.0 Å². The Labute approximate surface area is 123 Å². The molecular formula is C17H19F2NO. The van der Waals surface area contributed by atoms with E-state index >= 15 is 0 Å². The molecular weight excluding hydrogens is 272 g/mol. The van der Waals surface area contributed by atoms with E-state index in [2.05, 4.69) is 5.32 Å². The lowest BCUT2D eigenvalue weighted by Crippen LogP contribution is -2.12. The van der Waals surface area contributed by atoms with Crippen molar-refractivity contribution in [3.63, 3.8) is 0 Å². The zero-order valence-corrected chi connectivity index (χ0v) is 12.2. The van der Waals surface area contributed by atoms with Crippen LogP contribution in [0.3, 0.4) is 0 Å². The fourth-order valence-corrected chi connectivity index (χ4v) is 2.23. The Morgan fingerprint density at radius 1 is 1.05 bits per heavy atom. The Hall–Kier alpha value is -1.94. The van der Waals surface area contributed by atoms with E-state index in [1.54, 1.807) is 6.92 Å². The predicted molar refractivity (Wildman–Crippen MR) is 80.2 cm³/mol. The van der Waals surface area contributed by atoms with Crippen molar-refractivity contribution in [1.82, 2.24) is 0 Å². The van der Waals surface area contributed by atoms with Crippen LogP contribution in [0.5, 0.6) is 0 Å². The number of nitrogens with one attached hydrogen (secondary N) is 1. The van der Waals surface area contributed by atoms with Gasteiger partial charge in [0.1, 0.15) is 11.6 Å². The lowest BCUT2D eigenvalue weighted by atomic mass is 10.1. The monoisotopic (exact) mass is 291 g/mol. The number of para-hydroxylation sites is 1. The molecule has 0 amide bonds. The molecule has 112 valence electrons. The van der Waals surface area contributed by atoms with E-state index in [-0.39, 0.29) is 5.56 Å². The van der Waals surface area contributed by atoms with Crippen molar-refractivity contribution in [1.29, 1.82) is 0 Å². The van der Waals surface area contributed by atoms with E-state index in [9.17, 15) is 8.78 Å². The fraction of sp³-hybridized carbons (Fsp3) is 0.294. The Bertz CT molecular complexity index is 581. The molecule has 2 nitrogen and oxygen atoms in total. The van der Waals surface area contributed by atoms with Crippen LogP contribution in [0.15, 0.2) is 42.5 Å². The van der Waals surface area contributed by atoms with E-state index in [1.165, 1.54) is 18.2 Å². The molecule has 2 aromatic carbocycles. The van der Waals surface area contributed by atoms with Crippen molar-refractivity contribution in [2.75, 3.05) is 11.9 Å². The maximum Gasteiger partial charge on any atom is 0.131 e. The van der Waals surface area contributed by atoms with Gasteiger partial charge in [-0.3, -0.25) is 0 Å². The second-order valence-corrected chi connectivity index (χ2v) is 4.80. The predicted octanol–water partition coefficient (Wildman–Crippen LogP) is 4.67. The van der Waals surface area contributed by atoms with Crippen molar-refractivity contribution < 1.29 is 13.5 Å². The molecule has 0 aromatic heterocycles. The third-order valence-electron chi connectivity index (χ3n) is 3.28. The zero-order chi connectivity index (χ0) is 15.2. The van der Waals surface area contributed by atoms with Gasteiger partial charge in [0.15, 0.2) is 0 Å². The molecule has 2 rings (SSSR count). The first-order valence-corrected chi connectivity index (χ1v) is 6.99. The molecule has 0 radical (unpaired) electrons. The second-order valence-electron chi connectivity index (χ2n) is 4.80. The molecule has 0 spiro atoms. The molecule has 0 fully saturated rings. The highest BCUT2D eigenvalue weighted by atomic mass is 19.1. The van der Waals surface area contributed by atoms with Crippen molar-refractivity contribution in [2.24, 2.45) is 0 Å². The molecule has 0 saturated heterocycles. The highest BCUT2D eigenvalue weighted by molar-refractivity contribution is 5.52. The summed E-state index contributed by atoms with van der Waals surface area (Å²) in [7, 11) is 0. The van der Waals surface area contributed by atoms with Gasteiger partial charge in [-0.25, -0.2) is 8.78 Å². The van der Waals surface area contributed by atoms with E-state index in [0.717, 1.165) is 11.3 Å². The molecule has 0 aliphatic rings. The van der Waals surface area contributed by atoms with Crippen molar-refractivity contribution in [3.8, 4) is 0 Å². The standard InChI is InChI=1S/C17H19F2NO/c1-3-21-11-13-7-4-5-10-16(13)20-12(2)17-14(18)8-6-9-15(17)19/h4-10,12,20H,3,11H2,1-2H3. The normalized spacial score (nSPS) is 12.2. The van der Waals surface area contributed by atoms with Crippen LogP contribution in [0.1, 0.15) is 31.0 Å². The Morgan fingerprint density at radius 2 is 1.71 bits per heavy atom. The van der Waals surface area contributed by atoms with Crippen LogP contribution in [0.2, 0.25) is 0 Å². The molecule has 0 saturated carbocycles. The van der Waals surface area contributed by atoms with Gasteiger partial charge in [-0.1, -0.05) is 24.3 Å². The summed E-state index contributed by atoms with van der Waals surface area (Å²) in [6, 6.07) is 11.0. The summed E-state index contributed by atoms with van der Waals surface area (Å²) in [6.07, 6.45) is 0. The second kappa shape index (κ2) is 7.18. The van der Waals surface area contributed by atoms with Crippen LogP contribution in [0.4, 0.5) is 14.5 Å². The molecule has 21 heavy (non-hydrogen) atoms. The van der Waals surface area contributed by atoms with Crippen LogP contribution in [-0.4, -0.2) is 6.61 Å². The first kappa shape index (κ1) is 15.4. The summed E-state index contributed by atoms with van der Waals surface area (Å²) in [5, 5.41) is 3.16. The van der Waals surface area contributed by atoms with E-state index in [0.29, 0.717) is 13.2 Å². The quantitative estimate of drug-likeness (QED) is 0.834. The smallest absolute Gasteiger partial charge is 0.131 e. The summed E-state index contributed by atoms with van der Waals surface area (Å²) in [5.41, 5.74) is 1.83. The summed E-state index contributed by atoms with van der Waals surface area (Å²) < 4.78 is 33.0. The van der Waals surface area contributed by atoms with Gasteiger partial charge < -0.3 is 10.1 Å². The minimum Gasteiger partial charge on any atom is -0.378 e. The summed E-state index contributed by atoms with van der Waals surface area (Å²) in [5.74, 6) is -1.09. The first-order valence-electron chi connectivity index (χ1n) is 6.99. The zero-order valence-electron chi connectivity index (χ0n) is 12.2. The van der Waals surface area contributed by atoms with Gasteiger partial charge in [0.25, 0.3) is 0 Å². The molecule has 0 aliphatic heterocycles. The van der Waals surface area contributed by atoms with E-state index < -0.39 is 17.7 Å². The van der Waals surface area contributed by atoms with Gasteiger partial charge in [0.05, 0.1) is 12.6 Å². The minimum atomic E-state index is -0.544. The van der Waals surface area contributed by atoms with Gasteiger partial charge in [0.2, 0.25) is 0 Å². The minimum absolute atomic E-state index is 0.0451. The van der Waals surface area contributed by atoms with Gasteiger partial charge in [-0.15, -0.1) is 0 Å². The third-order valence-corrected chi connectivity index (χ3v) is 3.28. The topological polar surface area (TPSA) is 21.3 Å². The fourth-order valence-electron chi connectivity index (χ4n) is 2.23. The molecule has 1 atom stereocenters. The van der Waals surface area contributed by atoms with Gasteiger partial charge >= 0.3 is 0 Å². The average molecular weight is 291 g/mol. The molecule has 0 aliphatic carbocycles. The first-order chi connectivity index (χ1) is 10.1. The number of ether oxygens (including phenoxy) is 1. The molecule has 1 N–H and O–H groups in total. The molecule has 2 aromatic rings. The van der Waals surface area contributed by atoms with Crippen molar-refractivity contribution in [2.45, 2.75) is 26.5 Å². The van der Waals surface area contributed by atoms with Crippen molar-refractivity contribution in [3.05, 3.63) is 65.2 Å². The van der Waals surface area contributed by atoms with Crippen LogP contribution in [0.25, 0.3) is 0 Å². The van der Waals surface area contributed by atoms with Crippen LogP contribution >= 0.6 is 0 Å². The third kappa shape index (κ3) is 3.79. The largest absolute Gasteiger partial charge is 0.378 e. The van der Waals surface area contributed by atoms with Crippen molar-refractivity contribution >= 4 is 5.69 Å². The Kier molecular flexibility index (Phi) is 5.28. The molecule has 4 heteroatoms. The SMILES string of the molecule is CCOCc1ccccc1NC(C)c1c(F)cccc1F. The molecule has 0 bridgehead atoms. The Morgan fingerprint density at radius 3 is 2.38 bits per heavy atom. The maximum atomic E-state index is 13.8. The highest BCUT2D eigenvalue weighted by Gasteiger charge is 2.16. The lowest BCUT2D eigenvalue weighted by Gasteiger charge is -2.19. The number of hydrogen-bond acceptors (Lipinski definition) is 2. The van der Waals surface area contributed by atoms with Crippen LogP contribution < -0.4 is 5.32 Å². The van der Waals surface area contributed by atoms with E-state index in [4.69, 9.17) is 4.74 Å². The van der Waals surface area contributed by atoms with Gasteiger partial charge in [-0.2, -0.15) is 0 Å². The number of anilines is 1. The number of hydrogen-bond donors (Lipinski definition) is 1. The number of halogens is 2. The Balaban J connectivity index is 2.21. The summed E-state index contributed by atoms with van der Waals surface area (Å²) in [6.45, 7) is 4.74. The number of benzene rings is 2. The highest BCUT2D eigenvalue weighted by Crippen LogP contribution is 2.26. The summed E-state index contributed by atoms with van der Waals surface area (Å²) >= 11 is 0. The van der Waals surface area contributed by atoms with Crippen LogP contribution in [0, 0.1) is 11.6 Å². The van der Waals surface area contributed by atoms with Crippen LogP contribution in [-0.2, 0) is 11.3 Å². The lowest BCUT2D eigenvalue weighted by molar-refractivity contribution is 0.134. The average Bonchev–Trinajstić information content (AvgIpc) is 2.46. The maximum absolute atomic E-state index is 13.8. The number of rotatable bonds is 6. The molecule has 0 heterocycles. The summed E-state index contributed by atoms with van der Waals surface area (Å²) in [4.78, 5) is 0.